The lowest BCUT2D eigenvalue weighted by Gasteiger charge is -2.28. The lowest BCUT2D eigenvalue weighted by Crippen LogP contribution is -2.37. The molecule has 0 bridgehead atoms. The van der Waals surface area contributed by atoms with Crippen molar-refractivity contribution in [2.24, 2.45) is 0 Å². The van der Waals surface area contributed by atoms with Gasteiger partial charge in [0.25, 0.3) is 5.91 Å². The van der Waals surface area contributed by atoms with Gasteiger partial charge in [-0.1, -0.05) is 6.07 Å². The molecule has 1 fully saturated rings. The van der Waals surface area contributed by atoms with Gasteiger partial charge in [0.05, 0.1) is 11.4 Å². The Morgan fingerprint density at radius 1 is 1.17 bits per heavy atom. The quantitative estimate of drug-likeness (QED) is 0.927. The SMILES string of the molecule is Cc1cccnc1NC(=O)c1ccc(N2CCCCS2(=O)=O)cc1. The number of nitrogens with zero attached hydrogens (tertiary/aromatic N) is 2. The summed E-state index contributed by atoms with van der Waals surface area (Å²) in [5.41, 5.74) is 1.93. The Bertz CT molecular complexity index is 848. The number of aryl methyl sites for hydroxylation is 1. The normalized spacial score (nSPS) is 16.6. The predicted molar refractivity (Wildman–Crippen MR) is 93.7 cm³/mol. The molecule has 2 heterocycles. The van der Waals surface area contributed by atoms with Gasteiger partial charge in [-0.3, -0.25) is 9.10 Å². The van der Waals surface area contributed by atoms with Crippen LogP contribution < -0.4 is 9.62 Å². The van der Waals surface area contributed by atoms with Crippen LogP contribution in [0.25, 0.3) is 0 Å². The summed E-state index contributed by atoms with van der Waals surface area (Å²) in [6.07, 6.45) is 3.16. The van der Waals surface area contributed by atoms with Crippen LogP contribution in [-0.4, -0.2) is 31.6 Å². The third-order valence-electron chi connectivity index (χ3n) is 4.01. The number of carbonyl (C=O) groups excluding carboxylic acids is 1. The first-order valence-electron chi connectivity index (χ1n) is 7.81. The van der Waals surface area contributed by atoms with Crippen molar-refractivity contribution in [3.05, 3.63) is 53.7 Å². The molecular weight excluding hydrogens is 326 g/mol. The Balaban J connectivity index is 1.77. The predicted octanol–water partition coefficient (Wildman–Crippen LogP) is 2.57. The van der Waals surface area contributed by atoms with Gasteiger partial charge < -0.3 is 5.32 Å². The fraction of sp³-hybridized carbons (Fsp3) is 0.294. The highest BCUT2D eigenvalue weighted by atomic mass is 32.2. The fourth-order valence-electron chi connectivity index (χ4n) is 2.65. The van der Waals surface area contributed by atoms with Gasteiger partial charge in [-0.2, -0.15) is 0 Å². The molecular formula is C17H19N3O3S. The van der Waals surface area contributed by atoms with Crippen LogP contribution in [0.15, 0.2) is 42.6 Å². The molecule has 1 saturated heterocycles. The molecule has 3 rings (SSSR count). The van der Waals surface area contributed by atoms with E-state index in [1.54, 1.807) is 36.5 Å². The average Bonchev–Trinajstić information content (AvgIpc) is 2.57. The van der Waals surface area contributed by atoms with E-state index in [4.69, 9.17) is 0 Å². The van der Waals surface area contributed by atoms with Crippen molar-refractivity contribution in [2.45, 2.75) is 19.8 Å². The van der Waals surface area contributed by atoms with Crippen LogP contribution in [0.4, 0.5) is 11.5 Å². The number of pyridine rings is 1. The van der Waals surface area contributed by atoms with Crippen molar-refractivity contribution in [1.82, 2.24) is 4.98 Å². The summed E-state index contributed by atoms with van der Waals surface area (Å²) in [6.45, 7) is 2.36. The summed E-state index contributed by atoms with van der Waals surface area (Å²) >= 11 is 0. The van der Waals surface area contributed by atoms with E-state index in [1.165, 1.54) is 4.31 Å². The van der Waals surface area contributed by atoms with Gasteiger partial charge >= 0.3 is 0 Å². The first-order chi connectivity index (χ1) is 11.5. The second-order valence-electron chi connectivity index (χ2n) is 5.77. The van der Waals surface area contributed by atoms with Crippen LogP contribution in [-0.2, 0) is 10.0 Å². The van der Waals surface area contributed by atoms with Crippen LogP contribution in [0.2, 0.25) is 0 Å². The third-order valence-corrected chi connectivity index (χ3v) is 5.88. The van der Waals surface area contributed by atoms with E-state index in [2.05, 4.69) is 10.3 Å². The van der Waals surface area contributed by atoms with E-state index in [-0.39, 0.29) is 11.7 Å². The molecule has 0 atom stereocenters. The molecule has 1 aliphatic heterocycles. The lowest BCUT2D eigenvalue weighted by molar-refractivity contribution is 0.102. The molecule has 7 heteroatoms. The minimum absolute atomic E-state index is 0.175. The Labute approximate surface area is 141 Å². The number of amides is 1. The van der Waals surface area contributed by atoms with E-state index in [0.29, 0.717) is 30.0 Å². The zero-order valence-corrected chi connectivity index (χ0v) is 14.2. The number of anilines is 2. The van der Waals surface area contributed by atoms with Crippen LogP contribution in [0.5, 0.6) is 0 Å². The van der Waals surface area contributed by atoms with Crippen LogP contribution in [0.3, 0.4) is 0 Å². The monoisotopic (exact) mass is 345 g/mol. The lowest BCUT2D eigenvalue weighted by atomic mass is 10.2. The Morgan fingerprint density at radius 2 is 1.92 bits per heavy atom. The molecule has 1 aromatic carbocycles. The maximum absolute atomic E-state index is 12.3. The molecule has 0 saturated carbocycles. The molecule has 0 radical (unpaired) electrons. The number of carbonyl (C=O) groups is 1. The molecule has 126 valence electrons. The van der Waals surface area contributed by atoms with Crippen molar-refractivity contribution < 1.29 is 13.2 Å². The summed E-state index contributed by atoms with van der Waals surface area (Å²) in [5.74, 6) is 0.420. The molecule has 24 heavy (non-hydrogen) atoms. The summed E-state index contributed by atoms with van der Waals surface area (Å²) in [5, 5.41) is 2.76. The Morgan fingerprint density at radius 3 is 2.58 bits per heavy atom. The molecule has 0 aliphatic carbocycles. The standard InChI is InChI=1S/C17H19N3O3S/c1-13-5-4-10-18-16(13)19-17(21)14-6-8-15(9-7-14)20-11-2-3-12-24(20,22)23/h4-10H,2-3,11-12H2,1H3,(H,18,19,21). The van der Waals surface area contributed by atoms with Crippen LogP contribution >= 0.6 is 0 Å². The largest absolute Gasteiger partial charge is 0.306 e. The average molecular weight is 345 g/mol. The minimum Gasteiger partial charge on any atom is -0.306 e. The fourth-order valence-corrected chi connectivity index (χ4v) is 4.29. The van der Waals surface area contributed by atoms with E-state index in [9.17, 15) is 13.2 Å². The number of nitrogens with one attached hydrogen (secondary N) is 1. The van der Waals surface area contributed by atoms with Crippen molar-refractivity contribution in [2.75, 3.05) is 21.9 Å². The van der Waals surface area contributed by atoms with Gasteiger partial charge in [-0.25, -0.2) is 13.4 Å². The molecule has 2 aromatic rings. The van der Waals surface area contributed by atoms with Gasteiger partial charge in [0.15, 0.2) is 0 Å². The maximum atomic E-state index is 12.3. The minimum atomic E-state index is -3.24. The van der Waals surface area contributed by atoms with Crippen molar-refractivity contribution >= 4 is 27.4 Å². The molecule has 1 aromatic heterocycles. The van der Waals surface area contributed by atoms with Crippen molar-refractivity contribution in [3.8, 4) is 0 Å². The first-order valence-corrected chi connectivity index (χ1v) is 9.42. The van der Waals surface area contributed by atoms with Crippen molar-refractivity contribution in [1.29, 1.82) is 0 Å². The molecule has 0 spiro atoms. The second kappa shape index (κ2) is 6.60. The summed E-state index contributed by atoms with van der Waals surface area (Å²) in [4.78, 5) is 16.4. The first kappa shape index (κ1) is 16.4. The number of hydrogen-bond acceptors (Lipinski definition) is 4. The number of hydrogen-bond donors (Lipinski definition) is 1. The van der Waals surface area contributed by atoms with Gasteiger partial charge in [-0.15, -0.1) is 0 Å². The number of rotatable bonds is 3. The highest BCUT2D eigenvalue weighted by molar-refractivity contribution is 7.92. The maximum Gasteiger partial charge on any atom is 0.256 e. The van der Waals surface area contributed by atoms with Crippen molar-refractivity contribution in [3.63, 3.8) is 0 Å². The summed E-state index contributed by atoms with van der Waals surface area (Å²) in [6, 6.07) is 10.3. The molecule has 6 nitrogen and oxygen atoms in total. The Kier molecular flexibility index (Phi) is 4.53. The van der Waals surface area contributed by atoms with Gasteiger partial charge in [0.2, 0.25) is 10.0 Å². The third kappa shape index (κ3) is 3.41. The zero-order chi connectivity index (χ0) is 17.2. The van der Waals surface area contributed by atoms with Gasteiger partial charge in [0, 0.05) is 18.3 Å². The van der Waals surface area contributed by atoms with E-state index in [1.807, 2.05) is 13.0 Å². The number of sulfonamides is 1. The smallest absolute Gasteiger partial charge is 0.256 e. The van der Waals surface area contributed by atoms with Crippen LogP contribution in [0.1, 0.15) is 28.8 Å². The summed E-state index contributed by atoms with van der Waals surface area (Å²) < 4.78 is 25.7. The second-order valence-corrected chi connectivity index (χ2v) is 7.78. The molecule has 0 unspecified atom stereocenters. The van der Waals surface area contributed by atoms with E-state index >= 15 is 0 Å². The van der Waals surface area contributed by atoms with Gasteiger partial charge in [-0.05, 0) is 55.7 Å². The topological polar surface area (TPSA) is 79.4 Å². The highest BCUT2D eigenvalue weighted by Crippen LogP contribution is 2.24. The molecule has 1 N–H and O–H groups in total. The van der Waals surface area contributed by atoms with Gasteiger partial charge in [0.1, 0.15) is 5.82 Å². The summed E-state index contributed by atoms with van der Waals surface area (Å²) in [7, 11) is -3.24. The zero-order valence-electron chi connectivity index (χ0n) is 13.4. The van der Waals surface area contributed by atoms with E-state index < -0.39 is 10.0 Å². The number of aromatic nitrogens is 1. The Hall–Kier alpha value is -2.41. The molecule has 1 aliphatic rings. The number of benzene rings is 1. The highest BCUT2D eigenvalue weighted by Gasteiger charge is 2.26. The molecule has 1 amide bonds. The van der Waals surface area contributed by atoms with E-state index in [0.717, 1.165) is 12.0 Å². The van der Waals surface area contributed by atoms with Crippen LogP contribution in [0, 0.1) is 6.92 Å².